The monoisotopic (exact) mass is 420 g/mol. The van der Waals surface area contributed by atoms with Gasteiger partial charge in [0.05, 0.1) is 26.4 Å². The molecule has 5 nitrogen and oxygen atoms in total. The van der Waals surface area contributed by atoms with E-state index in [1.807, 2.05) is 91.0 Å². The van der Waals surface area contributed by atoms with Crippen LogP contribution in [0.1, 0.15) is 16.7 Å². The van der Waals surface area contributed by atoms with Gasteiger partial charge in [0.25, 0.3) is 0 Å². The minimum atomic E-state index is -0.905. The molecule has 5 heteroatoms. The summed E-state index contributed by atoms with van der Waals surface area (Å²) in [6.45, 7) is 1.51. The molecule has 0 saturated carbocycles. The molecule has 1 fully saturated rings. The summed E-state index contributed by atoms with van der Waals surface area (Å²) in [4.78, 5) is 0. The molecule has 1 saturated heterocycles. The van der Waals surface area contributed by atoms with E-state index in [0.29, 0.717) is 26.4 Å². The van der Waals surface area contributed by atoms with Gasteiger partial charge < -0.3 is 24.1 Å². The van der Waals surface area contributed by atoms with Gasteiger partial charge in [-0.25, -0.2) is 0 Å². The fraction of sp³-hybridized carbons (Fsp3) is 0.308. The van der Waals surface area contributed by atoms with E-state index in [0.717, 1.165) is 16.7 Å². The van der Waals surface area contributed by atoms with Crippen LogP contribution in [0, 0.1) is 0 Å². The summed E-state index contributed by atoms with van der Waals surface area (Å²) < 4.78 is 23.8. The summed E-state index contributed by atoms with van der Waals surface area (Å²) in [7, 11) is 0. The minimum absolute atomic E-state index is 0.302. The standard InChI is InChI=1S/C26H28O5/c27-24-25(29-17-21-12-6-2-7-13-21)23(19-28-16-20-10-4-1-5-11-20)31-26(24)30-18-22-14-8-3-9-15-22/h1-15,23-27H,16-19H2/t23-,24+,25+,26-/m1/s1. The Balaban J connectivity index is 1.36. The van der Waals surface area contributed by atoms with Crippen LogP contribution in [0.2, 0.25) is 0 Å². The van der Waals surface area contributed by atoms with Crippen molar-refractivity contribution in [3.8, 4) is 0 Å². The molecule has 3 aromatic rings. The number of aliphatic hydroxyl groups excluding tert-OH is 1. The van der Waals surface area contributed by atoms with Gasteiger partial charge in [-0.15, -0.1) is 0 Å². The fourth-order valence-electron chi connectivity index (χ4n) is 3.57. The van der Waals surface area contributed by atoms with Gasteiger partial charge in [0.2, 0.25) is 0 Å². The van der Waals surface area contributed by atoms with Gasteiger partial charge >= 0.3 is 0 Å². The lowest BCUT2D eigenvalue weighted by atomic mass is 10.1. The lowest BCUT2D eigenvalue weighted by molar-refractivity contribution is -0.178. The van der Waals surface area contributed by atoms with Gasteiger partial charge in [-0.3, -0.25) is 0 Å². The SMILES string of the molecule is O[C@@H]1[C@H](OCc2ccccc2)O[C@H](COCc2ccccc2)[C@@H]1OCc1ccccc1. The Labute approximate surface area is 183 Å². The predicted molar refractivity (Wildman–Crippen MR) is 117 cm³/mol. The molecule has 162 valence electrons. The number of benzene rings is 3. The lowest BCUT2D eigenvalue weighted by Gasteiger charge is -2.21. The highest BCUT2D eigenvalue weighted by Crippen LogP contribution is 2.27. The number of hydrogen-bond acceptors (Lipinski definition) is 5. The van der Waals surface area contributed by atoms with E-state index in [4.69, 9.17) is 18.9 Å². The molecule has 1 N–H and O–H groups in total. The van der Waals surface area contributed by atoms with Crippen molar-refractivity contribution in [1.29, 1.82) is 0 Å². The van der Waals surface area contributed by atoms with Gasteiger partial charge in [-0.1, -0.05) is 91.0 Å². The average Bonchev–Trinajstić information content (AvgIpc) is 3.12. The van der Waals surface area contributed by atoms with Crippen LogP contribution in [0.5, 0.6) is 0 Å². The van der Waals surface area contributed by atoms with Gasteiger partial charge in [0.1, 0.15) is 18.3 Å². The number of hydrogen-bond donors (Lipinski definition) is 1. The molecule has 0 radical (unpaired) electrons. The molecule has 3 aromatic carbocycles. The van der Waals surface area contributed by atoms with Crippen LogP contribution in [0.4, 0.5) is 0 Å². The van der Waals surface area contributed by atoms with Crippen LogP contribution in [0.25, 0.3) is 0 Å². The maximum atomic E-state index is 10.9. The lowest BCUT2D eigenvalue weighted by Crippen LogP contribution is -2.37. The van der Waals surface area contributed by atoms with E-state index < -0.39 is 24.6 Å². The predicted octanol–water partition coefficient (Wildman–Crippen LogP) is 4.09. The van der Waals surface area contributed by atoms with Crippen molar-refractivity contribution in [2.75, 3.05) is 6.61 Å². The van der Waals surface area contributed by atoms with Crippen molar-refractivity contribution in [2.45, 2.75) is 44.4 Å². The normalized spacial score (nSPS) is 23.1. The van der Waals surface area contributed by atoms with Crippen molar-refractivity contribution >= 4 is 0 Å². The van der Waals surface area contributed by atoms with E-state index in [2.05, 4.69) is 0 Å². The van der Waals surface area contributed by atoms with Crippen molar-refractivity contribution in [2.24, 2.45) is 0 Å². The first-order valence-electron chi connectivity index (χ1n) is 10.6. The molecule has 4 atom stereocenters. The Bertz CT molecular complexity index is 887. The smallest absolute Gasteiger partial charge is 0.187 e. The van der Waals surface area contributed by atoms with Crippen LogP contribution < -0.4 is 0 Å². The molecule has 0 aromatic heterocycles. The van der Waals surface area contributed by atoms with Gasteiger partial charge in [-0.05, 0) is 16.7 Å². The Morgan fingerprint density at radius 3 is 1.68 bits per heavy atom. The van der Waals surface area contributed by atoms with Crippen LogP contribution in [0.3, 0.4) is 0 Å². The van der Waals surface area contributed by atoms with E-state index >= 15 is 0 Å². The third kappa shape index (κ3) is 6.23. The van der Waals surface area contributed by atoms with E-state index in [9.17, 15) is 5.11 Å². The highest BCUT2D eigenvalue weighted by Gasteiger charge is 2.45. The van der Waals surface area contributed by atoms with Crippen LogP contribution >= 0.6 is 0 Å². The Hall–Kier alpha value is -2.54. The summed E-state index contributed by atoms with van der Waals surface area (Å²) in [6, 6.07) is 29.7. The molecule has 0 unspecified atom stereocenters. The molecule has 0 spiro atoms. The van der Waals surface area contributed by atoms with Gasteiger partial charge in [-0.2, -0.15) is 0 Å². The fourth-order valence-corrected chi connectivity index (χ4v) is 3.57. The van der Waals surface area contributed by atoms with Crippen molar-refractivity contribution < 1.29 is 24.1 Å². The molecule has 0 aliphatic carbocycles. The Kier molecular flexibility index (Phi) is 7.82. The quantitative estimate of drug-likeness (QED) is 0.535. The Morgan fingerprint density at radius 2 is 1.13 bits per heavy atom. The van der Waals surface area contributed by atoms with Crippen molar-refractivity contribution in [3.05, 3.63) is 108 Å². The highest BCUT2D eigenvalue weighted by atomic mass is 16.7. The van der Waals surface area contributed by atoms with Gasteiger partial charge in [0, 0.05) is 0 Å². The highest BCUT2D eigenvalue weighted by molar-refractivity contribution is 5.15. The van der Waals surface area contributed by atoms with Crippen molar-refractivity contribution in [1.82, 2.24) is 0 Å². The summed E-state index contributed by atoms with van der Waals surface area (Å²) >= 11 is 0. The van der Waals surface area contributed by atoms with E-state index in [1.54, 1.807) is 0 Å². The Morgan fingerprint density at radius 1 is 0.645 bits per heavy atom. The zero-order valence-corrected chi connectivity index (χ0v) is 17.4. The zero-order valence-electron chi connectivity index (χ0n) is 17.4. The second-order valence-electron chi connectivity index (χ2n) is 7.59. The molecule has 0 amide bonds. The number of rotatable bonds is 10. The first-order valence-corrected chi connectivity index (χ1v) is 10.6. The first kappa shape index (κ1) is 21.7. The summed E-state index contributed by atoms with van der Waals surface area (Å²) in [5, 5.41) is 10.9. The van der Waals surface area contributed by atoms with Gasteiger partial charge in [0.15, 0.2) is 6.29 Å². The number of aliphatic hydroxyl groups is 1. The largest absolute Gasteiger partial charge is 0.385 e. The van der Waals surface area contributed by atoms with Crippen molar-refractivity contribution in [3.63, 3.8) is 0 Å². The van der Waals surface area contributed by atoms with Crippen LogP contribution in [-0.2, 0) is 38.8 Å². The summed E-state index contributed by atoms with van der Waals surface area (Å²) in [5.41, 5.74) is 3.14. The minimum Gasteiger partial charge on any atom is -0.385 e. The maximum absolute atomic E-state index is 10.9. The second-order valence-corrected chi connectivity index (χ2v) is 7.59. The molecule has 0 bridgehead atoms. The third-order valence-electron chi connectivity index (χ3n) is 5.23. The van der Waals surface area contributed by atoms with E-state index in [1.165, 1.54) is 0 Å². The number of ether oxygens (including phenoxy) is 4. The third-order valence-corrected chi connectivity index (χ3v) is 5.23. The molecule has 1 heterocycles. The molecule has 1 aliphatic heterocycles. The zero-order chi connectivity index (χ0) is 21.3. The molecular formula is C26H28O5. The molecule has 1 aliphatic rings. The first-order chi connectivity index (χ1) is 15.3. The average molecular weight is 421 g/mol. The second kappa shape index (κ2) is 11.2. The van der Waals surface area contributed by atoms with Crippen LogP contribution in [-0.4, -0.2) is 36.3 Å². The molecule has 4 rings (SSSR count). The summed E-state index contributed by atoms with van der Waals surface area (Å²) in [5.74, 6) is 0. The topological polar surface area (TPSA) is 57.2 Å². The summed E-state index contributed by atoms with van der Waals surface area (Å²) in [6.07, 6.45) is -2.65. The molecular weight excluding hydrogens is 392 g/mol. The van der Waals surface area contributed by atoms with E-state index in [-0.39, 0.29) is 0 Å². The molecule has 31 heavy (non-hydrogen) atoms. The maximum Gasteiger partial charge on any atom is 0.187 e. The van der Waals surface area contributed by atoms with Crippen LogP contribution in [0.15, 0.2) is 91.0 Å².